The Balaban J connectivity index is 2.79. The van der Waals surface area contributed by atoms with Gasteiger partial charge in [0.15, 0.2) is 0 Å². The molecule has 3 heteroatoms. The van der Waals surface area contributed by atoms with E-state index >= 15 is 0 Å². The first-order chi connectivity index (χ1) is 6.20. The van der Waals surface area contributed by atoms with Crippen molar-refractivity contribution in [3.05, 3.63) is 35.0 Å². The zero-order valence-corrected chi connectivity index (χ0v) is 8.01. The van der Waals surface area contributed by atoms with Gasteiger partial charge in [-0.05, 0) is 19.1 Å². The summed E-state index contributed by atoms with van der Waals surface area (Å²) in [5.74, 6) is 0. The lowest BCUT2D eigenvalue weighted by Crippen LogP contribution is -2.03. The molecule has 13 heavy (non-hydrogen) atoms. The molecule has 0 aliphatic rings. The molecule has 0 bridgehead atoms. The van der Waals surface area contributed by atoms with Crippen molar-refractivity contribution in [3.8, 4) is 0 Å². The minimum absolute atomic E-state index is 0.0545. The Labute approximate surface area is 81.3 Å². The van der Waals surface area contributed by atoms with Crippen LogP contribution in [-0.2, 0) is 0 Å². The Hall–Kier alpha value is -0.990. The Morgan fingerprint density at radius 1 is 1.46 bits per heavy atom. The fourth-order valence-corrected chi connectivity index (χ4v) is 1.68. The van der Waals surface area contributed by atoms with Crippen molar-refractivity contribution in [1.29, 1.82) is 0 Å². The van der Waals surface area contributed by atoms with Crippen molar-refractivity contribution in [1.82, 2.24) is 0 Å². The highest BCUT2D eigenvalue weighted by molar-refractivity contribution is 6.35. The smallest absolute Gasteiger partial charge is 0.135 e. The molecule has 1 heterocycles. The van der Waals surface area contributed by atoms with Gasteiger partial charge in [0.05, 0.1) is 11.3 Å². The summed E-state index contributed by atoms with van der Waals surface area (Å²) < 4.78 is 5.33. The fourth-order valence-electron chi connectivity index (χ4n) is 1.40. The Morgan fingerprint density at radius 2 is 2.23 bits per heavy atom. The summed E-state index contributed by atoms with van der Waals surface area (Å²) in [4.78, 5) is 0. The van der Waals surface area contributed by atoms with Gasteiger partial charge < -0.3 is 10.2 Å². The molecule has 1 unspecified atom stereocenters. The number of hydrogen-bond donors (Lipinski definition) is 1. The molecule has 1 atom stereocenters. The number of nitrogens with two attached hydrogens (primary N) is 1. The zero-order chi connectivity index (χ0) is 9.42. The van der Waals surface area contributed by atoms with Crippen LogP contribution in [0.5, 0.6) is 0 Å². The van der Waals surface area contributed by atoms with Gasteiger partial charge >= 0.3 is 0 Å². The van der Waals surface area contributed by atoms with Crippen LogP contribution in [0.15, 0.2) is 28.9 Å². The van der Waals surface area contributed by atoms with Crippen LogP contribution in [0.3, 0.4) is 0 Å². The predicted molar refractivity (Wildman–Crippen MR) is 53.8 cm³/mol. The van der Waals surface area contributed by atoms with Crippen molar-refractivity contribution in [2.75, 3.05) is 0 Å². The largest absolute Gasteiger partial charge is 0.464 e. The molecule has 0 radical (unpaired) electrons. The summed E-state index contributed by atoms with van der Waals surface area (Å²) in [7, 11) is 0. The molecule has 0 amide bonds. The first-order valence-corrected chi connectivity index (χ1v) is 4.49. The average Bonchev–Trinajstić information content (AvgIpc) is 2.49. The summed E-state index contributed by atoms with van der Waals surface area (Å²) in [5.41, 5.74) is 7.52. The van der Waals surface area contributed by atoms with E-state index in [1.54, 1.807) is 6.26 Å². The first-order valence-electron chi connectivity index (χ1n) is 4.11. The monoisotopic (exact) mass is 195 g/mol. The van der Waals surface area contributed by atoms with Gasteiger partial charge in [-0.25, -0.2) is 0 Å². The van der Waals surface area contributed by atoms with Crippen LogP contribution in [0.1, 0.15) is 18.5 Å². The van der Waals surface area contributed by atoms with Gasteiger partial charge in [-0.15, -0.1) is 0 Å². The normalized spacial score (nSPS) is 13.5. The van der Waals surface area contributed by atoms with Crippen molar-refractivity contribution in [2.24, 2.45) is 5.73 Å². The Bertz CT molecular complexity index is 433. The summed E-state index contributed by atoms with van der Waals surface area (Å²) in [6.07, 6.45) is 1.67. The number of fused-ring (bicyclic) bond motifs is 1. The SMILES string of the molecule is CC(N)c1coc2cccc(Cl)c12. The molecule has 0 aliphatic carbocycles. The lowest BCUT2D eigenvalue weighted by atomic mass is 10.1. The topological polar surface area (TPSA) is 39.2 Å². The third-order valence-corrected chi connectivity index (χ3v) is 2.38. The Kier molecular flexibility index (Phi) is 2.02. The zero-order valence-electron chi connectivity index (χ0n) is 7.25. The van der Waals surface area contributed by atoms with E-state index < -0.39 is 0 Å². The highest BCUT2D eigenvalue weighted by atomic mass is 35.5. The van der Waals surface area contributed by atoms with Crippen LogP contribution in [-0.4, -0.2) is 0 Å². The quantitative estimate of drug-likeness (QED) is 0.760. The maximum Gasteiger partial charge on any atom is 0.135 e. The van der Waals surface area contributed by atoms with Crippen LogP contribution in [0, 0.1) is 0 Å². The van der Waals surface area contributed by atoms with E-state index in [1.807, 2.05) is 25.1 Å². The molecule has 1 aromatic carbocycles. The van der Waals surface area contributed by atoms with Crippen molar-refractivity contribution in [2.45, 2.75) is 13.0 Å². The van der Waals surface area contributed by atoms with Gasteiger partial charge in [-0.1, -0.05) is 17.7 Å². The molecule has 2 aromatic rings. The molecule has 0 saturated carbocycles. The molecule has 2 rings (SSSR count). The van der Waals surface area contributed by atoms with Gasteiger partial charge in [0.25, 0.3) is 0 Å². The third-order valence-electron chi connectivity index (χ3n) is 2.07. The van der Waals surface area contributed by atoms with E-state index in [-0.39, 0.29) is 6.04 Å². The molecule has 0 saturated heterocycles. The van der Waals surface area contributed by atoms with E-state index in [0.29, 0.717) is 5.02 Å². The molecule has 2 N–H and O–H groups in total. The van der Waals surface area contributed by atoms with Crippen molar-refractivity contribution < 1.29 is 4.42 Å². The molecule has 1 aromatic heterocycles. The molecular weight excluding hydrogens is 186 g/mol. The second-order valence-electron chi connectivity index (χ2n) is 3.09. The summed E-state index contributed by atoms with van der Waals surface area (Å²) >= 11 is 6.03. The third kappa shape index (κ3) is 1.32. The lowest BCUT2D eigenvalue weighted by molar-refractivity contribution is 0.605. The standard InChI is InChI=1S/C10H10ClNO/c1-6(12)7-5-13-9-4-2-3-8(11)10(7)9/h2-6H,12H2,1H3. The number of hydrogen-bond acceptors (Lipinski definition) is 2. The van der Waals surface area contributed by atoms with Crippen LogP contribution in [0.25, 0.3) is 11.0 Å². The maximum absolute atomic E-state index is 6.03. The van der Waals surface area contributed by atoms with E-state index in [4.69, 9.17) is 21.8 Å². The Morgan fingerprint density at radius 3 is 2.92 bits per heavy atom. The van der Waals surface area contributed by atoms with Gasteiger partial charge in [0.1, 0.15) is 5.58 Å². The van der Waals surface area contributed by atoms with Crippen LogP contribution >= 0.6 is 11.6 Å². The summed E-state index contributed by atoms with van der Waals surface area (Å²) in [6.45, 7) is 1.91. The van der Waals surface area contributed by atoms with Crippen molar-refractivity contribution >= 4 is 22.6 Å². The first kappa shape index (κ1) is 8.60. The van der Waals surface area contributed by atoms with E-state index in [1.165, 1.54) is 0 Å². The number of benzene rings is 1. The number of halogens is 1. The number of rotatable bonds is 1. The second kappa shape index (κ2) is 3.05. The van der Waals surface area contributed by atoms with Gasteiger partial charge in [-0.3, -0.25) is 0 Å². The van der Waals surface area contributed by atoms with Gasteiger partial charge in [0, 0.05) is 17.0 Å². The minimum Gasteiger partial charge on any atom is -0.464 e. The van der Waals surface area contributed by atoms with E-state index in [2.05, 4.69) is 0 Å². The van der Waals surface area contributed by atoms with Crippen LogP contribution in [0.4, 0.5) is 0 Å². The molecular formula is C10H10ClNO. The highest BCUT2D eigenvalue weighted by Gasteiger charge is 2.11. The lowest BCUT2D eigenvalue weighted by Gasteiger charge is -2.01. The molecule has 0 fully saturated rings. The van der Waals surface area contributed by atoms with Crippen molar-refractivity contribution in [3.63, 3.8) is 0 Å². The van der Waals surface area contributed by atoms with Crippen LogP contribution < -0.4 is 5.73 Å². The summed E-state index contributed by atoms with van der Waals surface area (Å²) in [5, 5.41) is 1.62. The average molecular weight is 196 g/mol. The minimum atomic E-state index is -0.0545. The fraction of sp³-hybridized carbons (Fsp3) is 0.200. The molecule has 0 spiro atoms. The second-order valence-corrected chi connectivity index (χ2v) is 3.50. The molecule has 68 valence electrons. The van der Waals surface area contributed by atoms with Gasteiger partial charge in [0.2, 0.25) is 0 Å². The van der Waals surface area contributed by atoms with Gasteiger partial charge in [-0.2, -0.15) is 0 Å². The van der Waals surface area contributed by atoms with E-state index in [9.17, 15) is 0 Å². The maximum atomic E-state index is 6.03. The highest BCUT2D eigenvalue weighted by Crippen LogP contribution is 2.31. The van der Waals surface area contributed by atoms with Crippen LogP contribution in [0.2, 0.25) is 5.02 Å². The van der Waals surface area contributed by atoms with E-state index in [0.717, 1.165) is 16.5 Å². The number of furan rings is 1. The summed E-state index contributed by atoms with van der Waals surface area (Å²) in [6, 6.07) is 5.53. The molecule has 2 nitrogen and oxygen atoms in total. The molecule has 0 aliphatic heterocycles. The predicted octanol–water partition coefficient (Wildman–Crippen LogP) is 3.11.